The quantitative estimate of drug-likeness (QED) is 0.661. The van der Waals surface area contributed by atoms with E-state index in [1.54, 1.807) is 4.52 Å². The van der Waals surface area contributed by atoms with Crippen LogP contribution in [-0.2, 0) is 14.6 Å². The van der Waals surface area contributed by atoms with Crippen molar-refractivity contribution in [2.24, 2.45) is 0 Å². The Hall–Kier alpha value is -1.68. The second-order valence-corrected chi connectivity index (χ2v) is 11.3. The zero-order chi connectivity index (χ0) is 20.8. The molecule has 8 nitrogen and oxygen atoms in total. The molecule has 1 amide bonds. The summed E-state index contributed by atoms with van der Waals surface area (Å²) in [5.41, 5.74) is 2.98. The molecule has 1 aliphatic carbocycles. The predicted octanol–water partition coefficient (Wildman–Crippen LogP) is 2.10. The Morgan fingerprint density at radius 2 is 1.86 bits per heavy atom. The predicted molar refractivity (Wildman–Crippen MR) is 112 cm³/mol. The van der Waals surface area contributed by atoms with E-state index in [9.17, 15) is 13.2 Å². The molecule has 2 aromatic heterocycles. The lowest BCUT2D eigenvalue weighted by atomic mass is 10.1. The first kappa shape index (κ1) is 20.6. The van der Waals surface area contributed by atoms with E-state index < -0.39 is 9.84 Å². The fraction of sp³-hybridized carbons (Fsp3) is 0.684. The molecule has 0 aromatic carbocycles. The Morgan fingerprint density at radius 3 is 2.52 bits per heavy atom. The van der Waals surface area contributed by atoms with Gasteiger partial charge in [-0.3, -0.25) is 4.79 Å². The summed E-state index contributed by atoms with van der Waals surface area (Å²) in [5.74, 6) is 1.00. The first-order chi connectivity index (χ1) is 13.7. The van der Waals surface area contributed by atoms with E-state index in [1.807, 2.05) is 25.7 Å². The van der Waals surface area contributed by atoms with E-state index in [4.69, 9.17) is 0 Å². The molecule has 1 saturated carbocycles. The van der Waals surface area contributed by atoms with Crippen LogP contribution in [0.3, 0.4) is 0 Å². The summed E-state index contributed by atoms with van der Waals surface area (Å²) in [6.07, 6.45) is 4.66. The van der Waals surface area contributed by atoms with Gasteiger partial charge in [0.2, 0.25) is 11.1 Å². The van der Waals surface area contributed by atoms with Crippen molar-refractivity contribution in [1.82, 2.24) is 24.5 Å². The summed E-state index contributed by atoms with van der Waals surface area (Å²) in [6, 6.07) is -0.0379. The molecule has 1 atom stereocenters. The molecule has 1 aliphatic heterocycles. The molecule has 1 unspecified atom stereocenters. The minimum absolute atomic E-state index is 0.0140. The van der Waals surface area contributed by atoms with E-state index in [2.05, 4.69) is 15.1 Å². The second kappa shape index (κ2) is 7.86. The molecule has 0 N–H and O–H groups in total. The first-order valence-electron chi connectivity index (χ1n) is 10.1. The topological polar surface area (TPSA) is 97.5 Å². The molecule has 1 saturated heterocycles. The number of carbonyl (C=O) groups is 1. The van der Waals surface area contributed by atoms with Crippen molar-refractivity contribution in [3.63, 3.8) is 0 Å². The summed E-state index contributed by atoms with van der Waals surface area (Å²) < 4.78 is 25.7. The van der Waals surface area contributed by atoms with Gasteiger partial charge >= 0.3 is 0 Å². The maximum Gasteiger partial charge on any atom is 0.253 e. The molecule has 0 spiro atoms. The van der Waals surface area contributed by atoms with Gasteiger partial charge in [0.25, 0.3) is 5.78 Å². The number of fused-ring (bicyclic) bond motifs is 1. The minimum Gasteiger partial charge on any atom is -0.335 e. The molecular weight excluding hydrogens is 410 g/mol. The number of hydrogen-bond acceptors (Lipinski definition) is 7. The van der Waals surface area contributed by atoms with Crippen LogP contribution in [0.5, 0.6) is 0 Å². The van der Waals surface area contributed by atoms with Gasteiger partial charge in [0.15, 0.2) is 9.84 Å². The van der Waals surface area contributed by atoms with Crippen molar-refractivity contribution in [3.05, 3.63) is 17.0 Å². The van der Waals surface area contributed by atoms with Gasteiger partial charge in [-0.25, -0.2) is 17.9 Å². The maximum atomic E-state index is 13.1. The molecule has 10 heteroatoms. The largest absolute Gasteiger partial charge is 0.335 e. The number of thioether (sulfide) groups is 1. The lowest BCUT2D eigenvalue weighted by Gasteiger charge is -2.34. The minimum atomic E-state index is -3.04. The van der Waals surface area contributed by atoms with E-state index in [0.29, 0.717) is 17.4 Å². The smallest absolute Gasteiger partial charge is 0.253 e. The Balaban J connectivity index is 1.51. The van der Waals surface area contributed by atoms with E-state index >= 15 is 0 Å². The summed E-state index contributed by atoms with van der Waals surface area (Å²) >= 11 is 1.30. The molecule has 2 fully saturated rings. The molecule has 158 valence electrons. The van der Waals surface area contributed by atoms with Crippen LogP contribution >= 0.6 is 11.8 Å². The highest BCUT2D eigenvalue weighted by Crippen LogP contribution is 2.30. The number of nitrogens with zero attached hydrogens (tertiary/aromatic N) is 5. The molecule has 29 heavy (non-hydrogen) atoms. The second-order valence-electron chi connectivity index (χ2n) is 8.10. The SMILES string of the molecule is Cc1nc2nc(SCC(=O)N(C3CCCC3)C3CCS(=O)(=O)C3)nn2c(C)c1C. The van der Waals surface area contributed by atoms with Gasteiger partial charge in [-0.05, 0) is 45.6 Å². The summed E-state index contributed by atoms with van der Waals surface area (Å²) in [7, 11) is -3.04. The zero-order valence-corrected chi connectivity index (χ0v) is 18.7. The van der Waals surface area contributed by atoms with Crippen molar-refractivity contribution in [3.8, 4) is 0 Å². The lowest BCUT2D eigenvalue weighted by Crippen LogP contribution is -2.47. The number of aryl methyl sites for hydroxylation is 2. The van der Waals surface area contributed by atoms with Crippen molar-refractivity contribution in [2.75, 3.05) is 17.3 Å². The van der Waals surface area contributed by atoms with Crippen LogP contribution in [0.2, 0.25) is 0 Å². The molecule has 3 heterocycles. The maximum absolute atomic E-state index is 13.1. The average Bonchev–Trinajstić information content (AvgIpc) is 3.39. The molecule has 0 bridgehead atoms. The van der Waals surface area contributed by atoms with Gasteiger partial charge in [0.05, 0.1) is 17.3 Å². The fourth-order valence-electron chi connectivity index (χ4n) is 4.38. The standard InChI is InChI=1S/C19H27N5O3S2/c1-12-13(2)20-18-21-19(22-24(18)14(12)3)28-10-17(25)23(15-6-4-5-7-15)16-8-9-29(26,27)11-16/h15-16H,4-11H2,1-3H3. The highest BCUT2D eigenvalue weighted by atomic mass is 32.2. The fourth-order valence-corrected chi connectivity index (χ4v) is 6.78. The number of aromatic nitrogens is 4. The first-order valence-corrected chi connectivity index (χ1v) is 12.9. The van der Waals surface area contributed by atoms with Gasteiger partial charge < -0.3 is 4.90 Å². The van der Waals surface area contributed by atoms with Gasteiger partial charge in [0.1, 0.15) is 0 Å². The van der Waals surface area contributed by atoms with Crippen LogP contribution in [0, 0.1) is 20.8 Å². The van der Waals surface area contributed by atoms with Crippen LogP contribution < -0.4 is 0 Å². The van der Waals surface area contributed by atoms with Gasteiger partial charge in [0, 0.05) is 23.5 Å². The number of sulfone groups is 1. The Kier molecular flexibility index (Phi) is 5.58. The van der Waals surface area contributed by atoms with Crippen LogP contribution in [0.15, 0.2) is 5.16 Å². The third-order valence-corrected chi connectivity index (χ3v) is 8.75. The van der Waals surface area contributed by atoms with Crippen LogP contribution in [0.25, 0.3) is 5.78 Å². The summed E-state index contributed by atoms with van der Waals surface area (Å²) in [5, 5.41) is 5.02. The van der Waals surface area contributed by atoms with Crippen molar-refractivity contribution in [1.29, 1.82) is 0 Å². The zero-order valence-electron chi connectivity index (χ0n) is 17.1. The Morgan fingerprint density at radius 1 is 1.14 bits per heavy atom. The number of hydrogen-bond donors (Lipinski definition) is 0. The van der Waals surface area contributed by atoms with E-state index in [1.165, 1.54) is 11.8 Å². The third kappa shape index (κ3) is 4.14. The molecule has 0 radical (unpaired) electrons. The average molecular weight is 438 g/mol. The molecule has 4 rings (SSSR count). The van der Waals surface area contributed by atoms with Crippen molar-refractivity contribution in [2.45, 2.75) is 70.1 Å². The van der Waals surface area contributed by atoms with E-state index in [-0.39, 0.29) is 35.2 Å². The molecular formula is C19H27N5O3S2. The highest BCUT2D eigenvalue weighted by molar-refractivity contribution is 7.99. The van der Waals surface area contributed by atoms with Gasteiger partial charge in [-0.2, -0.15) is 4.98 Å². The monoisotopic (exact) mass is 437 g/mol. The van der Waals surface area contributed by atoms with E-state index in [0.717, 1.165) is 42.6 Å². The van der Waals surface area contributed by atoms with Crippen LogP contribution in [0.1, 0.15) is 49.1 Å². The van der Waals surface area contributed by atoms with Gasteiger partial charge in [-0.1, -0.05) is 24.6 Å². The van der Waals surface area contributed by atoms with Crippen molar-refractivity contribution >= 4 is 33.3 Å². The number of amides is 1. The molecule has 2 aromatic rings. The van der Waals surface area contributed by atoms with Crippen molar-refractivity contribution < 1.29 is 13.2 Å². The summed E-state index contributed by atoms with van der Waals surface area (Å²) in [4.78, 5) is 23.9. The van der Waals surface area contributed by atoms with Crippen LogP contribution in [0.4, 0.5) is 0 Å². The molecule has 2 aliphatic rings. The lowest BCUT2D eigenvalue weighted by molar-refractivity contribution is -0.132. The highest BCUT2D eigenvalue weighted by Gasteiger charge is 2.38. The van der Waals surface area contributed by atoms with Gasteiger partial charge in [-0.15, -0.1) is 5.10 Å². The summed E-state index contributed by atoms with van der Waals surface area (Å²) in [6.45, 7) is 5.93. The normalized spacial score (nSPS) is 21.8. The van der Waals surface area contributed by atoms with Crippen LogP contribution in [-0.4, -0.2) is 68.1 Å². The number of rotatable bonds is 5. The Bertz CT molecular complexity index is 1040. The Labute approximate surface area is 175 Å². The number of carbonyl (C=O) groups excluding carboxylic acids is 1. The third-order valence-electron chi connectivity index (χ3n) is 6.17.